The van der Waals surface area contributed by atoms with Crippen LogP contribution in [0.1, 0.15) is 28.1 Å². The fraction of sp³-hybridized carbons (Fsp3) is 0.389. The van der Waals surface area contributed by atoms with Crippen LogP contribution >= 0.6 is 27.3 Å². The number of methoxy groups -OCH3 is 1. The third-order valence-corrected chi connectivity index (χ3v) is 5.76. The molecule has 0 N–H and O–H groups in total. The second kappa shape index (κ2) is 8.14. The summed E-state index contributed by atoms with van der Waals surface area (Å²) in [4.78, 5) is 16.4. The zero-order chi connectivity index (χ0) is 16.9. The SMILES string of the molecule is COc1ccc(Br)c(C(=O)N(Cc2cccs2)C2CCOCC2)c1. The molecule has 0 saturated carbocycles. The maximum Gasteiger partial charge on any atom is 0.255 e. The van der Waals surface area contributed by atoms with Crippen LogP contribution in [0.15, 0.2) is 40.2 Å². The summed E-state index contributed by atoms with van der Waals surface area (Å²) in [7, 11) is 1.61. The summed E-state index contributed by atoms with van der Waals surface area (Å²) in [6.07, 6.45) is 1.75. The van der Waals surface area contributed by atoms with Crippen LogP contribution in [0.4, 0.5) is 0 Å². The summed E-state index contributed by atoms with van der Waals surface area (Å²) >= 11 is 5.18. The Balaban J connectivity index is 1.90. The van der Waals surface area contributed by atoms with Crippen molar-refractivity contribution in [2.24, 2.45) is 0 Å². The smallest absolute Gasteiger partial charge is 0.255 e. The van der Waals surface area contributed by atoms with E-state index in [9.17, 15) is 4.79 Å². The molecule has 1 saturated heterocycles. The molecule has 1 amide bonds. The summed E-state index contributed by atoms with van der Waals surface area (Å²) in [5, 5.41) is 2.05. The van der Waals surface area contributed by atoms with Gasteiger partial charge in [0.25, 0.3) is 5.91 Å². The van der Waals surface area contributed by atoms with Gasteiger partial charge in [0.05, 0.1) is 19.2 Å². The highest BCUT2D eigenvalue weighted by molar-refractivity contribution is 9.10. The molecule has 2 aromatic rings. The highest BCUT2D eigenvalue weighted by Crippen LogP contribution is 2.27. The van der Waals surface area contributed by atoms with Gasteiger partial charge in [0.1, 0.15) is 5.75 Å². The number of hydrogen-bond acceptors (Lipinski definition) is 4. The largest absolute Gasteiger partial charge is 0.497 e. The molecule has 128 valence electrons. The summed E-state index contributed by atoms with van der Waals surface area (Å²) in [5.74, 6) is 0.714. The minimum atomic E-state index is 0.0288. The third kappa shape index (κ3) is 3.99. The Morgan fingerprint density at radius 1 is 1.38 bits per heavy atom. The predicted molar refractivity (Wildman–Crippen MR) is 98.7 cm³/mol. The van der Waals surface area contributed by atoms with Crippen LogP contribution < -0.4 is 4.74 Å². The number of nitrogens with zero attached hydrogens (tertiary/aromatic N) is 1. The number of ether oxygens (including phenoxy) is 2. The van der Waals surface area contributed by atoms with E-state index < -0.39 is 0 Å². The van der Waals surface area contributed by atoms with E-state index in [1.54, 1.807) is 24.5 Å². The molecule has 0 aliphatic carbocycles. The van der Waals surface area contributed by atoms with E-state index in [-0.39, 0.29) is 11.9 Å². The lowest BCUT2D eigenvalue weighted by Gasteiger charge is -2.34. The van der Waals surface area contributed by atoms with Crippen LogP contribution in [0.3, 0.4) is 0 Å². The van der Waals surface area contributed by atoms with Crippen LogP contribution in [-0.4, -0.2) is 37.2 Å². The van der Waals surface area contributed by atoms with Crippen LogP contribution in [0, 0.1) is 0 Å². The number of amides is 1. The first-order valence-corrected chi connectivity index (χ1v) is 9.61. The van der Waals surface area contributed by atoms with Gasteiger partial charge in [-0.15, -0.1) is 11.3 Å². The van der Waals surface area contributed by atoms with Crippen LogP contribution in [0.2, 0.25) is 0 Å². The fourth-order valence-electron chi connectivity index (χ4n) is 2.88. The third-order valence-electron chi connectivity index (χ3n) is 4.20. The molecule has 3 rings (SSSR count). The van der Waals surface area contributed by atoms with Gasteiger partial charge in [-0.3, -0.25) is 4.79 Å². The molecule has 1 aliphatic rings. The summed E-state index contributed by atoms with van der Waals surface area (Å²) < 4.78 is 11.5. The van der Waals surface area contributed by atoms with Crippen molar-refractivity contribution in [1.82, 2.24) is 4.90 Å². The molecule has 0 bridgehead atoms. The van der Waals surface area contributed by atoms with Crippen molar-refractivity contribution in [2.75, 3.05) is 20.3 Å². The molecule has 0 unspecified atom stereocenters. The lowest BCUT2D eigenvalue weighted by atomic mass is 10.0. The highest BCUT2D eigenvalue weighted by Gasteiger charge is 2.28. The zero-order valence-corrected chi connectivity index (χ0v) is 15.9. The van der Waals surface area contributed by atoms with E-state index in [2.05, 4.69) is 22.0 Å². The molecule has 1 aromatic carbocycles. The number of thiophene rings is 1. The Bertz CT molecular complexity index is 684. The Hall–Kier alpha value is -1.37. The molecule has 1 aromatic heterocycles. The van der Waals surface area contributed by atoms with E-state index in [0.29, 0.717) is 31.1 Å². The highest BCUT2D eigenvalue weighted by atomic mass is 79.9. The van der Waals surface area contributed by atoms with Crippen molar-refractivity contribution in [1.29, 1.82) is 0 Å². The minimum absolute atomic E-state index is 0.0288. The average Bonchev–Trinajstić information content (AvgIpc) is 3.13. The van der Waals surface area contributed by atoms with E-state index >= 15 is 0 Å². The average molecular weight is 410 g/mol. The number of carbonyl (C=O) groups excluding carboxylic acids is 1. The van der Waals surface area contributed by atoms with Crippen molar-refractivity contribution in [3.63, 3.8) is 0 Å². The summed E-state index contributed by atoms with van der Waals surface area (Å²) in [5.41, 5.74) is 0.636. The molecule has 0 atom stereocenters. The Kier molecular flexibility index (Phi) is 5.92. The number of benzene rings is 1. The van der Waals surface area contributed by atoms with Crippen molar-refractivity contribution in [2.45, 2.75) is 25.4 Å². The molecular formula is C18H20BrNO3S. The molecule has 0 spiro atoms. The molecule has 2 heterocycles. The Morgan fingerprint density at radius 2 is 2.17 bits per heavy atom. The Labute approximate surface area is 154 Å². The van der Waals surface area contributed by atoms with E-state index in [1.165, 1.54) is 4.88 Å². The van der Waals surface area contributed by atoms with Gasteiger partial charge in [0, 0.05) is 28.6 Å². The van der Waals surface area contributed by atoms with Gasteiger partial charge in [-0.25, -0.2) is 0 Å². The number of rotatable bonds is 5. The first kappa shape index (κ1) is 17.5. The topological polar surface area (TPSA) is 38.8 Å². The predicted octanol–water partition coefficient (Wildman–Crippen LogP) is 4.34. The normalized spacial score (nSPS) is 15.2. The molecule has 6 heteroatoms. The van der Waals surface area contributed by atoms with E-state index in [1.807, 2.05) is 28.5 Å². The van der Waals surface area contributed by atoms with Gasteiger partial charge in [-0.2, -0.15) is 0 Å². The van der Waals surface area contributed by atoms with Crippen molar-refractivity contribution < 1.29 is 14.3 Å². The lowest BCUT2D eigenvalue weighted by molar-refractivity contribution is 0.0269. The Morgan fingerprint density at radius 3 is 2.83 bits per heavy atom. The van der Waals surface area contributed by atoms with Crippen LogP contribution in [0.25, 0.3) is 0 Å². The molecule has 24 heavy (non-hydrogen) atoms. The molecule has 0 radical (unpaired) electrons. The summed E-state index contributed by atoms with van der Waals surface area (Å²) in [6, 6.07) is 9.80. The minimum Gasteiger partial charge on any atom is -0.497 e. The zero-order valence-electron chi connectivity index (χ0n) is 13.5. The van der Waals surface area contributed by atoms with Gasteiger partial charge in [0.15, 0.2) is 0 Å². The number of carbonyl (C=O) groups is 1. The lowest BCUT2D eigenvalue weighted by Crippen LogP contribution is -2.43. The molecule has 4 nitrogen and oxygen atoms in total. The molecule has 1 aliphatic heterocycles. The van der Waals surface area contributed by atoms with E-state index in [4.69, 9.17) is 9.47 Å². The van der Waals surface area contributed by atoms with Crippen molar-refractivity contribution in [3.05, 3.63) is 50.6 Å². The summed E-state index contributed by atoms with van der Waals surface area (Å²) in [6.45, 7) is 2.04. The van der Waals surface area contributed by atoms with Gasteiger partial charge in [0.2, 0.25) is 0 Å². The van der Waals surface area contributed by atoms with Gasteiger partial charge >= 0.3 is 0 Å². The van der Waals surface area contributed by atoms with Gasteiger partial charge in [-0.1, -0.05) is 6.07 Å². The number of hydrogen-bond donors (Lipinski definition) is 0. The first-order valence-electron chi connectivity index (χ1n) is 7.93. The monoisotopic (exact) mass is 409 g/mol. The standard InChI is InChI=1S/C18H20BrNO3S/c1-22-14-4-5-17(19)16(11-14)18(21)20(12-15-3-2-10-24-15)13-6-8-23-9-7-13/h2-5,10-11,13H,6-9,12H2,1H3. The van der Waals surface area contributed by atoms with Crippen LogP contribution in [-0.2, 0) is 11.3 Å². The quantitative estimate of drug-likeness (QED) is 0.736. The second-order valence-corrected chi connectivity index (χ2v) is 7.59. The van der Waals surface area contributed by atoms with Crippen LogP contribution in [0.5, 0.6) is 5.75 Å². The first-order chi connectivity index (χ1) is 11.7. The fourth-order valence-corrected chi connectivity index (χ4v) is 4.00. The second-order valence-electron chi connectivity index (χ2n) is 5.70. The molecular weight excluding hydrogens is 390 g/mol. The van der Waals surface area contributed by atoms with Gasteiger partial charge < -0.3 is 14.4 Å². The maximum absolute atomic E-state index is 13.3. The van der Waals surface area contributed by atoms with Gasteiger partial charge in [-0.05, 0) is 58.4 Å². The molecule has 1 fully saturated rings. The number of halogens is 1. The maximum atomic E-state index is 13.3. The van der Waals surface area contributed by atoms with Crippen molar-refractivity contribution in [3.8, 4) is 5.75 Å². The van der Waals surface area contributed by atoms with E-state index in [0.717, 1.165) is 17.3 Å². The van der Waals surface area contributed by atoms with Crippen molar-refractivity contribution >= 4 is 33.2 Å².